The van der Waals surface area contributed by atoms with Gasteiger partial charge in [0.15, 0.2) is 0 Å². The molecule has 0 atom stereocenters. The summed E-state index contributed by atoms with van der Waals surface area (Å²) in [6.45, 7) is 0. The number of halogens is 2. The van der Waals surface area contributed by atoms with Crippen molar-refractivity contribution in [2.45, 2.75) is 0 Å². The van der Waals surface area contributed by atoms with E-state index >= 15 is 0 Å². The highest BCUT2D eigenvalue weighted by Gasteiger charge is 2.11. The number of rotatable bonds is 3. The Morgan fingerprint density at radius 1 is 1.50 bits per heavy atom. The van der Waals surface area contributed by atoms with Gasteiger partial charge in [0.25, 0.3) is 5.91 Å². The summed E-state index contributed by atoms with van der Waals surface area (Å²) in [5.74, 6) is -1.42. The Hall–Kier alpha value is -2.04. The van der Waals surface area contributed by atoms with Crippen LogP contribution < -0.4 is 5.43 Å². The Morgan fingerprint density at radius 2 is 2.30 bits per heavy atom. The van der Waals surface area contributed by atoms with Crippen molar-refractivity contribution in [2.24, 2.45) is 5.10 Å². The van der Waals surface area contributed by atoms with Crippen LogP contribution in [0.4, 0.5) is 4.39 Å². The van der Waals surface area contributed by atoms with Crippen molar-refractivity contribution in [1.82, 2.24) is 5.43 Å². The van der Waals surface area contributed by atoms with Crippen LogP contribution in [0.3, 0.4) is 0 Å². The lowest BCUT2D eigenvalue weighted by atomic mass is 10.1. The highest BCUT2D eigenvalue weighted by molar-refractivity contribution is 9.10. The van der Waals surface area contributed by atoms with Crippen molar-refractivity contribution in [2.75, 3.05) is 0 Å². The number of thiophene rings is 1. The Kier molecular flexibility index (Phi) is 4.61. The van der Waals surface area contributed by atoms with E-state index in [2.05, 4.69) is 26.5 Å². The number of hydrazone groups is 1. The fraction of sp³-hybridized carbons (Fsp3) is 0. The SMILES string of the molecule is N#Cc1ccc(C(=O)NN=Cc2cc(Br)cs2)c(F)c1. The van der Waals surface area contributed by atoms with E-state index in [9.17, 15) is 9.18 Å². The molecule has 100 valence electrons. The van der Waals surface area contributed by atoms with Crippen LogP contribution in [0.5, 0.6) is 0 Å². The molecule has 2 rings (SSSR count). The minimum Gasteiger partial charge on any atom is -0.267 e. The molecule has 0 saturated carbocycles. The highest BCUT2D eigenvalue weighted by atomic mass is 79.9. The minimum atomic E-state index is -0.754. The molecule has 2 aromatic rings. The number of amides is 1. The molecule has 0 radical (unpaired) electrons. The number of nitrogens with one attached hydrogen (secondary N) is 1. The lowest BCUT2D eigenvalue weighted by Gasteiger charge is -2.01. The average Bonchev–Trinajstić information content (AvgIpc) is 2.84. The van der Waals surface area contributed by atoms with Gasteiger partial charge >= 0.3 is 0 Å². The first kappa shape index (κ1) is 14.4. The van der Waals surface area contributed by atoms with Gasteiger partial charge < -0.3 is 0 Å². The number of carbonyl (C=O) groups excluding carboxylic acids is 1. The van der Waals surface area contributed by atoms with Crippen LogP contribution in [0.15, 0.2) is 39.2 Å². The van der Waals surface area contributed by atoms with E-state index in [1.54, 1.807) is 6.07 Å². The number of benzene rings is 1. The molecule has 1 aromatic heterocycles. The van der Waals surface area contributed by atoms with Gasteiger partial charge in [-0.3, -0.25) is 4.79 Å². The monoisotopic (exact) mass is 351 g/mol. The first-order chi connectivity index (χ1) is 9.60. The van der Waals surface area contributed by atoms with Gasteiger partial charge in [0.1, 0.15) is 5.82 Å². The van der Waals surface area contributed by atoms with Gasteiger partial charge in [-0.05, 0) is 40.2 Å². The maximum atomic E-state index is 13.6. The summed E-state index contributed by atoms with van der Waals surface area (Å²) in [6, 6.07) is 7.26. The summed E-state index contributed by atoms with van der Waals surface area (Å²) in [5.41, 5.74) is 2.23. The van der Waals surface area contributed by atoms with E-state index in [1.165, 1.54) is 29.7 Å². The Bertz CT molecular complexity index is 721. The molecule has 1 aromatic carbocycles. The molecule has 0 fully saturated rings. The summed E-state index contributed by atoms with van der Waals surface area (Å²) in [6.07, 6.45) is 1.47. The van der Waals surface area contributed by atoms with Gasteiger partial charge in [0.05, 0.1) is 23.4 Å². The predicted octanol–water partition coefficient (Wildman–Crippen LogP) is 3.29. The first-order valence-corrected chi connectivity index (χ1v) is 7.04. The third-order valence-electron chi connectivity index (χ3n) is 2.29. The summed E-state index contributed by atoms with van der Waals surface area (Å²) in [4.78, 5) is 12.6. The zero-order valence-electron chi connectivity index (χ0n) is 9.93. The third-order valence-corrected chi connectivity index (χ3v) is 3.92. The molecule has 0 unspecified atom stereocenters. The molecule has 0 bridgehead atoms. The molecule has 0 aliphatic carbocycles. The number of carbonyl (C=O) groups is 1. The van der Waals surface area contributed by atoms with Gasteiger partial charge in [-0.25, -0.2) is 9.82 Å². The molecule has 20 heavy (non-hydrogen) atoms. The maximum absolute atomic E-state index is 13.6. The van der Waals surface area contributed by atoms with Crippen LogP contribution in [0.2, 0.25) is 0 Å². The number of nitrogens with zero attached hydrogens (tertiary/aromatic N) is 2. The third kappa shape index (κ3) is 3.50. The van der Waals surface area contributed by atoms with E-state index in [4.69, 9.17) is 5.26 Å². The van der Waals surface area contributed by atoms with Crippen LogP contribution in [0, 0.1) is 17.1 Å². The van der Waals surface area contributed by atoms with E-state index < -0.39 is 11.7 Å². The second kappa shape index (κ2) is 6.41. The van der Waals surface area contributed by atoms with Crippen LogP contribution in [0.1, 0.15) is 20.8 Å². The summed E-state index contributed by atoms with van der Waals surface area (Å²) < 4.78 is 14.5. The Balaban J connectivity index is 2.05. The van der Waals surface area contributed by atoms with Gasteiger partial charge in [0, 0.05) is 14.7 Å². The van der Waals surface area contributed by atoms with Crippen LogP contribution in [0.25, 0.3) is 0 Å². The molecule has 0 aliphatic rings. The summed E-state index contributed by atoms with van der Waals surface area (Å²) >= 11 is 4.75. The van der Waals surface area contributed by atoms with Gasteiger partial charge in [-0.2, -0.15) is 10.4 Å². The van der Waals surface area contributed by atoms with Crippen molar-refractivity contribution in [3.63, 3.8) is 0 Å². The van der Waals surface area contributed by atoms with Crippen molar-refractivity contribution in [1.29, 1.82) is 5.26 Å². The van der Waals surface area contributed by atoms with Crippen molar-refractivity contribution < 1.29 is 9.18 Å². The molecule has 4 nitrogen and oxygen atoms in total. The Morgan fingerprint density at radius 3 is 2.90 bits per heavy atom. The van der Waals surface area contributed by atoms with Crippen LogP contribution in [-0.2, 0) is 0 Å². The second-order valence-electron chi connectivity index (χ2n) is 3.67. The number of hydrogen-bond donors (Lipinski definition) is 1. The lowest BCUT2D eigenvalue weighted by molar-refractivity contribution is 0.0951. The van der Waals surface area contributed by atoms with E-state index in [0.29, 0.717) is 0 Å². The molecule has 0 saturated heterocycles. The van der Waals surface area contributed by atoms with Crippen LogP contribution >= 0.6 is 27.3 Å². The van der Waals surface area contributed by atoms with Crippen molar-refractivity contribution in [3.05, 3.63) is 55.9 Å². The largest absolute Gasteiger partial charge is 0.274 e. The molecule has 0 spiro atoms. The predicted molar refractivity (Wildman–Crippen MR) is 78.2 cm³/mol. The summed E-state index contributed by atoms with van der Waals surface area (Å²) in [5, 5.41) is 14.2. The summed E-state index contributed by atoms with van der Waals surface area (Å²) in [7, 11) is 0. The van der Waals surface area contributed by atoms with Gasteiger partial charge in [-0.1, -0.05) is 0 Å². The van der Waals surface area contributed by atoms with Crippen molar-refractivity contribution in [3.8, 4) is 6.07 Å². The molecule has 1 heterocycles. The van der Waals surface area contributed by atoms with Gasteiger partial charge in [-0.15, -0.1) is 11.3 Å². The van der Waals surface area contributed by atoms with E-state index in [1.807, 2.05) is 11.4 Å². The molecular formula is C13H7BrFN3OS. The molecule has 7 heteroatoms. The molecule has 0 aliphatic heterocycles. The fourth-order valence-corrected chi connectivity index (χ4v) is 2.68. The first-order valence-electron chi connectivity index (χ1n) is 5.37. The number of nitriles is 1. The van der Waals surface area contributed by atoms with E-state index in [-0.39, 0.29) is 11.1 Å². The molecule has 1 N–H and O–H groups in total. The second-order valence-corrected chi connectivity index (χ2v) is 5.53. The zero-order chi connectivity index (χ0) is 14.5. The number of hydrogen-bond acceptors (Lipinski definition) is 4. The fourth-order valence-electron chi connectivity index (χ4n) is 1.38. The topological polar surface area (TPSA) is 65.2 Å². The molecular weight excluding hydrogens is 345 g/mol. The lowest BCUT2D eigenvalue weighted by Crippen LogP contribution is -2.19. The van der Waals surface area contributed by atoms with E-state index in [0.717, 1.165) is 15.4 Å². The van der Waals surface area contributed by atoms with Crippen LogP contribution in [-0.4, -0.2) is 12.1 Å². The van der Waals surface area contributed by atoms with Crippen molar-refractivity contribution >= 4 is 39.4 Å². The quantitative estimate of drug-likeness (QED) is 0.681. The standard InChI is InChI=1S/C13H7BrFN3OS/c14-9-4-10(20-7-9)6-17-18-13(19)11-2-1-8(5-16)3-12(11)15/h1-4,6-7H,(H,18,19). The van der Waals surface area contributed by atoms with Gasteiger partial charge in [0.2, 0.25) is 0 Å². The molecule has 1 amide bonds. The normalized spacial score (nSPS) is 10.4. The smallest absolute Gasteiger partial charge is 0.267 e. The zero-order valence-corrected chi connectivity index (χ0v) is 12.3. The highest BCUT2D eigenvalue weighted by Crippen LogP contribution is 2.17. The average molecular weight is 352 g/mol. The maximum Gasteiger partial charge on any atom is 0.274 e. The minimum absolute atomic E-state index is 0.158. The Labute approximate surface area is 126 Å².